The molecule has 0 aliphatic carbocycles. The van der Waals surface area contributed by atoms with E-state index in [1.54, 1.807) is 0 Å². The number of ether oxygens (including phenoxy) is 1. The molecule has 0 spiro atoms. The van der Waals surface area contributed by atoms with Crippen LogP contribution in [0.25, 0.3) is 0 Å². The minimum Gasteiger partial charge on any atom is -0.494 e. The molecule has 20 heavy (non-hydrogen) atoms. The third-order valence-corrected chi connectivity index (χ3v) is 3.89. The van der Waals surface area contributed by atoms with E-state index in [4.69, 9.17) is 9.57 Å². The lowest BCUT2D eigenvalue weighted by molar-refractivity contribution is -0.227. The highest BCUT2D eigenvalue weighted by atomic mass is 16.7. The van der Waals surface area contributed by atoms with Crippen molar-refractivity contribution in [1.29, 1.82) is 0 Å². The lowest BCUT2D eigenvalue weighted by Crippen LogP contribution is -2.43. The second-order valence-electron chi connectivity index (χ2n) is 5.75. The molecule has 3 nitrogen and oxygen atoms in total. The summed E-state index contributed by atoms with van der Waals surface area (Å²) in [5.74, 6) is 0.940. The van der Waals surface area contributed by atoms with Crippen LogP contribution in [-0.4, -0.2) is 23.8 Å². The SMILES string of the molecule is CCCOc1ccc(CON2C(C)CCCC2C)cc1. The van der Waals surface area contributed by atoms with Crippen LogP contribution in [0.4, 0.5) is 0 Å². The van der Waals surface area contributed by atoms with E-state index < -0.39 is 0 Å². The number of hydroxylamine groups is 2. The van der Waals surface area contributed by atoms with E-state index in [0.717, 1.165) is 18.8 Å². The van der Waals surface area contributed by atoms with Crippen LogP contribution in [0, 0.1) is 0 Å². The summed E-state index contributed by atoms with van der Waals surface area (Å²) >= 11 is 0. The molecule has 2 atom stereocenters. The number of benzene rings is 1. The largest absolute Gasteiger partial charge is 0.494 e. The molecule has 1 heterocycles. The Morgan fingerprint density at radius 3 is 2.35 bits per heavy atom. The summed E-state index contributed by atoms with van der Waals surface area (Å²) in [6.07, 6.45) is 4.81. The van der Waals surface area contributed by atoms with Gasteiger partial charge in [0, 0.05) is 12.1 Å². The lowest BCUT2D eigenvalue weighted by atomic mass is 10.0. The van der Waals surface area contributed by atoms with Gasteiger partial charge in [0.15, 0.2) is 0 Å². The van der Waals surface area contributed by atoms with Crippen molar-refractivity contribution in [1.82, 2.24) is 5.06 Å². The maximum Gasteiger partial charge on any atom is 0.119 e. The maximum atomic E-state index is 6.01. The quantitative estimate of drug-likeness (QED) is 0.779. The average Bonchev–Trinajstić information content (AvgIpc) is 2.46. The van der Waals surface area contributed by atoms with E-state index in [1.807, 2.05) is 12.1 Å². The third-order valence-electron chi connectivity index (χ3n) is 3.89. The van der Waals surface area contributed by atoms with E-state index in [9.17, 15) is 0 Å². The molecule has 0 N–H and O–H groups in total. The molecule has 1 saturated heterocycles. The van der Waals surface area contributed by atoms with Gasteiger partial charge in [-0.3, -0.25) is 4.84 Å². The predicted molar refractivity (Wildman–Crippen MR) is 81.6 cm³/mol. The summed E-state index contributed by atoms with van der Waals surface area (Å²) < 4.78 is 5.59. The van der Waals surface area contributed by atoms with Crippen molar-refractivity contribution in [2.45, 2.75) is 65.1 Å². The molecular formula is C17H27NO2. The molecule has 2 rings (SSSR count). The van der Waals surface area contributed by atoms with Gasteiger partial charge >= 0.3 is 0 Å². The molecule has 1 aliphatic rings. The summed E-state index contributed by atoms with van der Waals surface area (Å²) in [4.78, 5) is 6.01. The molecule has 3 heteroatoms. The molecule has 2 unspecified atom stereocenters. The van der Waals surface area contributed by atoms with Crippen LogP contribution >= 0.6 is 0 Å². The molecule has 112 valence electrons. The average molecular weight is 277 g/mol. The molecular weight excluding hydrogens is 250 g/mol. The van der Waals surface area contributed by atoms with E-state index in [1.165, 1.54) is 24.8 Å². The lowest BCUT2D eigenvalue weighted by Gasteiger charge is -2.37. The van der Waals surface area contributed by atoms with Gasteiger partial charge in [0.2, 0.25) is 0 Å². The summed E-state index contributed by atoms with van der Waals surface area (Å²) in [6.45, 7) is 8.03. The fourth-order valence-corrected chi connectivity index (χ4v) is 2.70. The predicted octanol–water partition coefficient (Wildman–Crippen LogP) is 4.17. The number of hydrogen-bond acceptors (Lipinski definition) is 3. The Kier molecular flexibility index (Phi) is 5.86. The van der Waals surface area contributed by atoms with Crippen molar-refractivity contribution in [2.75, 3.05) is 6.61 Å². The van der Waals surface area contributed by atoms with Crippen molar-refractivity contribution in [2.24, 2.45) is 0 Å². The highest BCUT2D eigenvalue weighted by molar-refractivity contribution is 5.26. The molecule has 1 aromatic carbocycles. The van der Waals surface area contributed by atoms with Crippen LogP contribution in [0.2, 0.25) is 0 Å². The van der Waals surface area contributed by atoms with Crippen LogP contribution < -0.4 is 4.74 Å². The standard InChI is InChI=1S/C17H27NO2/c1-4-12-19-17-10-8-16(9-11-17)13-20-18-14(2)6-5-7-15(18)3/h8-11,14-15H,4-7,12-13H2,1-3H3. The van der Waals surface area contributed by atoms with E-state index >= 15 is 0 Å². The topological polar surface area (TPSA) is 21.7 Å². The Morgan fingerprint density at radius 1 is 1.10 bits per heavy atom. The summed E-state index contributed by atoms with van der Waals surface area (Å²) in [5.41, 5.74) is 1.19. The van der Waals surface area contributed by atoms with Crippen molar-refractivity contribution in [3.05, 3.63) is 29.8 Å². The van der Waals surface area contributed by atoms with Crippen molar-refractivity contribution >= 4 is 0 Å². The molecule has 1 aromatic rings. The maximum absolute atomic E-state index is 6.01. The Morgan fingerprint density at radius 2 is 1.75 bits per heavy atom. The first-order valence-corrected chi connectivity index (χ1v) is 7.83. The van der Waals surface area contributed by atoms with Gasteiger partial charge in [0.1, 0.15) is 5.75 Å². The minimum atomic E-state index is 0.519. The Hall–Kier alpha value is -1.06. The minimum absolute atomic E-state index is 0.519. The highest BCUT2D eigenvalue weighted by Gasteiger charge is 2.25. The van der Waals surface area contributed by atoms with Crippen LogP contribution in [0.1, 0.15) is 52.0 Å². The molecule has 1 aliphatic heterocycles. The molecule has 0 amide bonds. The first-order chi connectivity index (χ1) is 9.70. The van der Waals surface area contributed by atoms with Crippen molar-refractivity contribution in [3.8, 4) is 5.75 Å². The molecule has 0 saturated carbocycles. The number of hydrogen-bond donors (Lipinski definition) is 0. The summed E-state index contributed by atoms with van der Waals surface area (Å²) in [5, 5.41) is 2.17. The monoisotopic (exact) mass is 277 g/mol. The Balaban J connectivity index is 1.83. The van der Waals surface area contributed by atoms with Gasteiger partial charge in [-0.15, -0.1) is 0 Å². The molecule has 0 radical (unpaired) electrons. The first kappa shape index (κ1) is 15.3. The first-order valence-electron chi connectivity index (χ1n) is 7.83. The summed E-state index contributed by atoms with van der Waals surface area (Å²) in [6, 6.07) is 9.26. The van der Waals surface area contributed by atoms with Crippen molar-refractivity contribution < 1.29 is 9.57 Å². The third kappa shape index (κ3) is 4.22. The normalized spacial score (nSPS) is 23.8. The van der Waals surface area contributed by atoms with E-state index in [0.29, 0.717) is 18.7 Å². The fourth-order valence-electron chi connectivity index (χ4n) is 2.70. The van der Waals surface area contributed by atoms with E-state index in [2.05, 4.69) is 38.0 Å². The van der Waals surface area contributed by atoms with Gasteiger partial charge in [-0.25, -0.2) is 0 Å². The Labute approximate surface area is 122 Å². The van der Waals surface area contributed by atoms with Gasteiger partial charge in [-0.1, -0.05) is 25.5 Å². The zero-order valence-electron chi connectivity index (χ0n) is 13.0. The molecule has 0 bridgehead atoms. The van der Waals surface area contributed by atoms with Gasteiger partial charge in [-0.05, 0) is 50.8 Å². The Bertz CT molecular complexity index is 380. The number of nitrogens with zero attached hydrogens (tertiary/aromatic N) is 1. The van der Waals surface area contributed by atoms with Crippen LogP contribution in [0.5, 0.6) is 5.75 Å². The van der Waals surface area contributed by atoms with Gasteiger partial charge in [0.05, 0.1) is 13.2 Å². The molecule has 1 fully saturated rings. The zero-order chi connectivity index (χ0) is 14.4. The van der Waals surface area contributed by atoms with Crippen LogP contribution in [-0.2, 0) is 11.4 Å². The van der Waals surface area contributed by atoms with Crippen LogP contribution in [0.3, 0.4) is 0 Å². The second-order valence-corrected chi connectivity index (χ2v) is 5.75. The smallest absolute Gasteiger partial charge is 0.119 e. The summed E-state index contributed by atoms with van der Waals surface area (Å²) in [7, 11) is 0. The van der Waals surface area contributed by atoms with Gasteiger partial charge < -0.3 is 4.74 Å². The number of piperidine rings is 1. The zero-order valence-corrected chi connectivity index (χ0v) is 13.0. The molecule has 0 aromatic heterocycles. The van der Waals surface area contributed by atoms with Crippen LogP contribution in [0.15, 0.2) is 24.3 Å². The second kappa shape index (κ2) is 7.65. The van der Waals surface area contributed by atoms with E-state index in [-0.39, 0.29) is 0 Å². The van der Waals surface area contributed by atoms with Gasteiger partial charge in [0.25, 0.3) is 0 Å². The van der Waals surface area contributed by atoms with Gasteiger partial charge in [-0.2, -0.15) is 5.06 Å². The number of rotatable bonds is 6. The van der Waals surface area contributed by atoms with Crippen molar-refractivity contribution in [3.63, 3.8) is 0 Å². The fraction of sp³-hybridized carbons (Fsp3) is 0.647. The highest BCUT2D eigenvalue weighted by Crippen LogP contribution is 2.23.